The van der Waals surface area contributed by atoms with Gasteiger partial charge in [0.1, 0.15) is 5.82 Å². The molecule has 2 nitrogen and oxygen atoms in total. The molecule has 19 heavy (non-hydrogen) atoms. The lowest BCUT2D eigenvalue weighted by atomic mass is 9.98. The zero-order valence-corrected chi connectivity index (χ0v) is 11.3. The van der Waals surface area contributed by atoms with Crippen LogP contribution < -0.4 is 5.73 Å². The largest absolute Gasteiger partial charge is 0.320 e. The van der Waals surface area contributed by atoms with Crippen molar-refractivity contribution in [3.63, 3.8) is 0 Å². The van der Waals surface area contributed by atoms with Gasteiger partial charge in [0, 0.05) is 12.1 Å². The minimum absolute atomic E-state index is 0.257. The fourth-order valence-corrected chi connectivity index (χ4v) is 2.10. The smallest absolute Gasteiger partial charge is 0.128 e. The van der Waals surface area contributed by atoms with Crippen LogP contribution in [0.1, 0.15) is 22.7 Å². The van der Waals surface area contributed by atoms with E-state index in [2.05, 4.69) is 4.90 Å². The first-order valence-corrected chi connectivity index (χ1v) is 6.31. The molecule has 0 saturated heterocycles. The maximum atomic E-state index is 13.7. The lowest BCUT2D eigenvalue weighted by Crippen LogP contribution is -2.14. The molecule has 0 aliphatic carbocycles. The zero-order valence-electron chi connectivity index (χ0n) is 11.3. The third kappa shape index (κ3) is 3.40. The molecule has 0 fully saturated rings. The van der Waals surface area contributed by atoms with Gasteiger partial charge in [0.25, 0.3) is 0 Å². The highest BCUT2D eigenvalue weighted by molar-refractivity contribution is 5.33. The third-order valence-corrected chi connectivity index (χ3v) is 3.08. The SMILES string of the molecule is CN(C)Cc1ccc(C(N)c2ccccc2F)cc1. The normalized spacial score (nSPS) is 12.7. The molecule has 1 atom stereocenters. The van der Waals surface area contributed by atoms with Gasteiger partial charge in [-0.25, -0.2) is 4.39 Å². The second kappa shape index (κ2) is 5.95. The highest BCUT2D eigenvalue weighted by atomic mass is 19.1. The van der Waals surface area contributed by atoms with E-state index in [-0.39, 0.29) is 5.82 Å². The van der Waals surface area contributed by atoms with Gasteiger partial charge in [0.05, 0.1) is 6.04 Å². The molecular formula is C16H19FN2. The average molecular weight is 258 g/mol. The van der Waals surface area contributed by atoms with Crippen molar-refractivity contribution < 1.29 is 4.39 Å². The van der Waals surface area contributed by atoms with Crippen LogP contribution in [0, 0.1) is 5.82 Å². The average Bonchev–Trinajstić information content (AvgIpc) is 2.39. The number of hydrogen-bond donors (Lipinski definition) is 1. The van der Waals surface area contributed by atoms with E-state index in [0.29, 0.717) is 5.56 Å². The molecule has 0 aliphatic rings. The number of benzene rings is 2. The first kappa shape index (κ1) is 13.7. The molecule has 2 rings (SSSR count). The van der Waals surface area contributed by atoms with Crippen LogP contribution in [-0.2, 0) is 6.54 Å². The molecule has 3 heteroatoms. The number of hydrogen-bond acceptors (Lipinski definition) is 2. The summed E-state index contributed by atoms with van der Waals surface area (Å²) in [5, 5.41) is 0. The Hall–Kier alpha value is -1.71. The molecule has 0 saturated carbocycles. The van der Waals surface area contributed by atoms with Crippen molar-refractivity contribution in [1.29, 1.82) is 0 Å². The molecule has 0 heterocycles. The van der Waals surface area contributed by atoms with Crippen LogP contribution >= 0.6 is 0 Å². The quantitative estimate of drug-likeness (QED) is 0.913. The first-order valence-electron chi connectivity index (χ1n) is 6.31. The van der Waals surface area contributed by atoms with Gasteiger partial charge in [-0.05, 0) is 31.3 Å². The molecule has 2 aromatic carbocycles. The summed E-state index contributed by atoms with van der Waals surface area (Å²) in [4.78, 5) is 2.10. The Morgan fingerprint density at radius 3 is 2.26 bits per heavy atom. The van der Waals surface area contributed by atoms with Crippen molar-refractivity contribution in [3.8, 4) is 0 Å². The fraction of sp³-hybridized carbons (Fsp3) is 0.250. The maximum absolute atomic E-state index is 13.7. The summed E-state index contributed by atoms with van der Waals surface area (Å²) in [7, 11) is 4.05. The monoisotopic (exact) mass is 258 g/mol. The standard InChI is InChI=1S/C16H19FN2/c1-19(2)11-12-7-9-13(10-8-12)16(18)14-5-3-4-6-15(14)17/h3-10,16H,11,18H2,1-2H3. The van der Waals surface area contributed by atoms with Gasteiger partial charge >= 0.3 is 0 Å². The van der Waals surface area contributed by atoms with E-state index in [1.165, 1.54) is 11.6 Å². The molecule has 2 N–H and O–H groups in total. The van der Waals surface area contributed by atoms with Crippen molar-refractivity contribution in [3.05, 3.63) is 71.0 Å². The highest BCUT2D eigenvalue weighted by Crippen LogP contribution is 2.22. The van der Waals surface area contributed by atoms with E-state index in [1.807, 2.05) is 38.4 Å². The number of nitrogens with two attached hydrogens (primary N) is 1. The van der Waals surface area contributed by atoms with Gasteiger partial charge in [-0.2, -0.15) is 0 Å². The number of rotatable bonds is 4. The van der Waals surface area contributed by atoms with E-state index in [9.17, 15) is 4.39 Å². The molecule has 100 valence electrons. The summed E-state index contributed by atoms with van der Waals surface area (Å²) in [6.45, 7) is 0.884. The number of nitrogens with zero attached hydrogens (tertiary/aromatic N) is 1. The Kier molecular flexibility index (Phi) is 4.30. The van der Waals surface area contributed by atoms with Gasteiger partial charge in [-0.15, -0.1) is 0 Å². The van der Waals surface area contributed by atoms with Gasteiger partial charge in [-0.3, -0.25) is 0 Å². The second-order valence-electron chi connectivity index (χ2n) is 4.98. The summed E-state index contributed by atoms with van der Waals surface area (Å²) in [6, 6.07) is 14.2. The summed E-state index contributed by atoms with van der Waals surface area (Å²) >= 11 is 0. The van der Waals surface area contributed by atoms with E-state index < -0.39 is 6.04 Å². The summed E-state index contributed by atoms with van der Waals surface area (Å²) < 4.78 is 13.7. The molecule has 0 aromatic heterocycles. The van der Waals surface area contributed by atoms with Crippen molar-refractivity contribution in [2.24, 2.45) is 5.73 Å². The van der Waals surface area contributed by atoms with Crippen molar-refractivity contribution in [1.82, 2.24) is 4.90 Å². The van der Waals surface area contributed by atoms with E-state index in [0.717, 1.165) is 12.1 Å². The topological polar surface area (TPSA) is 29.3 Å². The van der Waals surface area contributed by atoms with Crippen molar-refractivity contribution in [2.45, 2.75) is 12.6 Å². The molecule has 0 bridgehead atoms. The highest BCUT2D eigenvalue weighted by Gasteiger charge is 2.12. The van der Waals surface area contributed by atoms with E-state index in [1.54, 1.807) is 18.2 Å². The maximum Gasteiger partial charge on any atom is 0.128 e. The van der Waals surface area contributed by atoms with Crippen molar-refractivity contribution >= 4 is 0 Å². The minimum atomic E-state index is -0.422. The molecule has 2 aromatic rings. The van der Waals surface area contributed by atoms with E-state index >= 15 is 0 Å². The van der Waals surface area contributed by atoms with Crippen LogP contribution in [0.2, 0.25) is 0 Å². The summed E-state index contributed by atoms with van der Waals surface area (Å²) in [6.07, 6.45) is 0. The fourth-order valence-electron chi connectivity index (χ4n) is 2.10. The molecule has 0 aliphatic heterocycles. The third-order valence-electron chi connectivity index (χ3n) is 3.08. The predicted octanol–water partition coefficient (Wildman–Crippen LogP) is 2.94. The summed E-state index contributed by atoms with van der Waals surface area (Å²) in [5.74, 6) is -0.257. The Bertz CT molecular complexity index is 535. The Labute approximate surface area is 113 Å². The van der Waals surface area contributed by atoms with Crippen molar-refractivity contribution in [2.75, 3.05) is 14.1 Å². The van der Waals surface area contributed by atoms with Crippen LogP contribution in [0.15, 0.2) is 48.5 Å². The van der Waals surface area contributed by atoms with Crippen LogP contribution in [-0.4, -0.2) is 19.0 Å². The van der Waals surface area contributed by atoms with Crippen LogP contribution in [0.4, 0.5) is 4.39 Å². The first-order chi connectivity index (χ1) is 9.08. The van der Waals surface area contributed by atoms with Gasteiger partial charge in [-0.1, -0.05) is 42.5 Å². The minimum Gasteiger partial charge on any atom is -0.320 e. The Morgan fingerprint density at radius 1 is 1.05 bits per heavy atom. The molecule has 0 spiro atoms. The summed E-state index contributed by atoms with van der Waals surface area (Å²) in [5.41, 5.74) is 8.79. The Morgan fingerprint density at radius 2 is 1.68 bits per heavy atom. The number of halogens is 1. The van der Waals surface area contributed by atoms with Crippen LogP contribution in [0.5, 0.6) is 0 Å². The lowest BCUT2D eigenvalue weighted by Gasteiger charge is -2.15. The molecule has 0 radical (unpaired) electrons. The van der Waals surface area contributed by atoms with Gasteiger partial charge < -0.3 is 10.6 Å². The van der Waals surface area contributed by atoms with Crippen LogP contribution in [0.25, 0.3) is 0 Å². The molecule has 0 amide bonds. The predicted molar refractivity (Wildman–Crippen MR) is 76.3 cm³/mol. The Balaban J connectivity index is 2.20. The molecular weight excluding hydrogens is 239 g/mol. The van der Waals surface area contributed by atoms with Gasteiger partial charge in [0.2, 0.25) is 0 Å². The second-order valence-corrected chi connectivity index (χ2v) is 4.98. The van der Waals surface area contributed by atoms with Crippen LogP contribution in [0.3, 0.4) is 0 Å². The lowest BCUT2D eigenvalue weighted by molar-refractivity contribution is 0.402. The zero-order chi connectivity index (χ0) is 13.8. The van der Waals surface area contributed by atoms with E-state index in [4.69, 9.17) is 5.73 Å². The van der Waals surface area contributed by atoms with Gasteiger partial charge in [0.15, 0.2) is 0 Å². The molecule has 1 unspecified atom stereocenters.